The Balaban J connectivity index is 1.50. The maximum atomic E-state index is 10.8. The van der Waals surface area contributed by atoms with Crippen LogP contribution in [0.1, 0.15) is 45.4 Å². The number of nitrogens with zero attached hydrogens (tertiary/aromatic N) is 3. The Labute approximate surface area is 254 Å². The molecule has 0 saturated carbocycles. The molecule has 0 aromatic carbocycles. The minimum atomic E-state index is -1.79. The third-order valence-corrected chi connectivity index (χ3v) is 8.03. The maximum absolute atomic E-state index is 10.8. The summed E-state index contributed by atoms with van der Waals surface area (Å²) in [4.78, 5) is 2.71. The molecule has 0 radical (unpaired) electrons. The molecule has 3 saturated heterocycles. The highest BCUT2D eigenvalue weighted by atomic mass is 16.8. The van der Waals surface area contributed by atoms with Crippen LogP contribution in [0.25, 0.3) is 10.4 Å². The second-order valence-electron chi connectivity index (χ2n) is 11.2. The van der Waals surface area contributed by atoms with Crippen LogP contribution in [0.3, 0.4) is 0 Å². The summed E-state index contributed by atoms with van der Waals surface area (Å²) in [7, 11) is 0. The van der Waals surface area contributed by atoms with Gasteiger partial charge in [0.2, 0.25) is 0 Å². The summed E-state index contributed by atoms with van der Waals surface area (Å²) >= 11 is 0. The summed E-state index contributed by atoms with van der Waals surface area (Å²) < 4.78 is 33.5. The summed E-state index contributed by atoms with van der Waals surface area (Å²) in [6.07, 6.45) is -17.3. The normalized spacial score (nSPS) is 43.0. The van der Waals surface area contributed by atoms with Crippen molar-refractivity contribution in [3.8, 4) is 0 Å². The molecule has 0 amide bonds. The van der Waals surface area contributed by atoms with Gasteiger partial charge in [-0.1, -0.05) is 30.8 Å². The van der Waals surface area contributed by atoms with E-state index in [1.165, 1.54) is 6.92 Å². The molecule has 0 aromatic rings. The van der Waals surface area contributed by atoms with Gasteiger partial charge in [-0.15, -0.1) is 0 Å². The van der Waals surface area contributed by atoms with Crippen molar-refractivity contribution in [2.75, 3.05) is 26.4 Å². The molecule has 18 nitrogen and oxygen atoms in total. The first kappa shape index (κ1) is 37.2. The number of azide groups is 1. The van der Waals surface area contributed by atoms with Gasteiger partial charge >= 0.3 is 0 Å². The van der Waals surface area contributed by atoms with Gasteiger partial charge in [0, 0.05) is 18.1 Å². The molecule has 3 aliphatic heterocycles. The van der Waals surface area contributed by atoms with Gasteiger partial charge in [0.25, 0.3) is 0 Å². The van der Waals surface area contributed by atoms with Gasteiger partial charge in [-0.2, -0.15) is 0 Å². The molecule has 0 bridgehead atoms. The predicted octanol–water partition coefficient (Wildman–Crippen LogP) is -2.87. The van der Waals surface area contributed by atoms with Crippen LogP contribution in [-0.4, -0.2) is 164 Å². The molecule has 6 unspecified atom stereocenters. The van der Waals surface area contributed by atoms with Gasteiger partial charge in [0.05, 0.1) is 19.3 Å². The van der Waals surface area contributed by atoms with E-state index in [1.807, 2.05) is 0 Å². The molecule has 3 fully saturated rings. The van der Waals surface area contributed by atoms with Gasteiger partial charge in [0.15, 0.2) is 18.9 Å². The van der Waals surface area contributed by atoms with E-state index < -0.39 is 105 Å². The second-order valence-corrected chi connectivity index (χ2v) is 11.2. The highest BCUT2D eigenvalue weighted by Gasteiger charge is 2.52. The van der Waals surface area contributed by atoms with Crippen LogP contribution < -0.4 is 0 Å². The fourth-order valence-corrected chi connectivity index (χ4v) is 5.39. The molecule has 9 N–H and O–H groups in total. The van der Waals surface area contributed by atoms with Crippen molar-refractivity contribution in [1.29, 1.82) is 0 Å². The van der Waals surface area contributed by atoms with Crippen molar-refractivity contribution in [3.63, 3.8) is 0 Å². The molecule has 0 spiro atoms. The minimum absolute atomic E-state index is 0.223. The van der Waals surface area contributed by atoms with E-state index in [0.717, 1.165) is 32.1 Å². The average Bonchev–Trinajstić information content (AvgIpc) is 3.01. The fourth-order valence-electron chi connectivity index (χ4n) is 5.39. The molecule has 18 heteroatoms. The molecule has 3 rings (SSSR count). The SMILES string of the molecule is CC1O[C@H](O[C@@H]2C(CO)O[C@@H](OCCCCCCCCN=[N+]=[N-])C(O)[C@H]2O)C(O)[C@@H](O)[C@H]1O[C@@H]1OC(CO)[C@H](O)[C@H](O)C1O. The van der Waals surface area contributed by atoms with Crippen molar-refractivity contribution in [1.82, 2.24) is 0 Å². The number of ether oxygens (including phenoxy) is 6. The first-order chi connectivity index (χ1) is 21.0. The number of rotatable bonds is 16. The quantitative estimate of drug-likeness (QED) is 0.0354. The Bertz CT molecular complexity index is 884. The molecule has 0 aliphatic carbocycles. The lowest BCUT2D eigenvalue weighted by molar-refractivity contribution is -0.376. The van der Waals surface area contributed by atoms with Crippen LogP contribution >= 0.6 is 0 Å². The first-order valence-electron chi connectivity index (χ1n) is 14.9. The Morgan fingerprint density at radius 1 is 0.614 bits per heavy atom. The average molecular weight is 642 g/mol. The summed E-state index contributed by atoms with van der Waals surface area (Å²) in [6, 6.07) is 0. The first-order valence-corrected chi connectivity index (χ1v) is 14.9. The topological polar surface area (TPSA) is 286 Å². The molecule has 0 aromatic heterocycles. The fraction of sp³-hybridized carbons (Fsp3) is 1.00. The molecule has 256 valence electrons. The summed E-state index contributed by atoms with van der Waals surface area (Å²) in [6.45, 7) is 0.802. The Morgan fingerprint density at radius 2 is 1.14 bits per heavy atom. The van der Waals surface area contributed by atoms with Crippen molar-refractivity contribution >= 4 is 0 Å². The highest BCUT2D eigenvalue weighted by Crippen LogP contribution is 2.32. The van der Waals surface area contributed by atoms with Gasteiger partial charge < -0.3 is 74.4 Å². The van der Waals surface area contributed by atoms with E-state index in [-0.39, 0.29) is 6.61 Å². The lowest BCUT2D eigenvalue weighted by Crippen LogP contribution is -2.66. The highest BCUT2D eigenvalue weighted by molar-refractivity contribution is 4.95. The van der Waals surface area contributed by atoms with E-state index in [1.54, 1.807) is 0 Å². The third-order valence-electron chi connectivity index (χ3n) is 8.03. The van der Waals surface area contributed by atoms with E-state index in [9.17, 15) is 46.0 Å². The van der Waals surface area contributed by atoms with Crippen LogP contribution in [0, 0.1) is 0 Å². The zero-order chi connectivity index (χ0) is 32.4. The summed E-state index contributed by atoms with van der Waals surface area (Å²) in [5, 5.41) is 96.0. The minimum Gasteiger partial charge on any atom is -0.394 e. The van der Waals surface area contributed by atoms with E-state index in [2.05, 4.69) is 10.0 Å². The molecule has 3 heterocycles. The van der Waals surface area contributed by atoms with Gasteiger partial charge in [-0.25, -0.2) is 0 Å². The zero-order valence-corrected chi connectivity index (χ0v) is 24.5. The van der Waals surface area contributed by atoms with Crippen LogP contribution in [-0.2, 0) is 28.4 Å². The number of unbranched alkanes of at least 4 members (excludes halogenated alkanes) is 5. The Hall–Kier alpha value is -1.29. The Morgan fingerprint density at radius 3 is 1.80 bits per heavy atom. The second kappa shape index (κ2) is 18.2. The summed E-state index contributed by atoms with van der Waals surface area (Å²) in [5.41, 5.74) is 8.27. The summed E-state index contributed by atoms with van der Waals surface area (Å²) in [5.74, 6) is 0. The monoisotopic (exact) mass is 641 g/mol. The van der Waals surface area contributed by atoms with Gasteiger partial charge in [-0.05, 0) is 25.3 Å². The smallest absolute Gasteiger partial charge is 0.187 e. The zero-order valence-electron chi connectivity index (χ0n) is 24.5. The lowest BCUT2D eigenvalue weighted by Gasteiger charge is -2.47. The molecular weight excluding hydrogens is 594 g/mol. The number of hydrogen-bond acceptors (Lipinski definition) is 16. The van der Waals surface area contributed by atoms with Crippen LogP contribution in [0.2, 0.25) is 0 Å². The van der Waals surface area contributed by atoms with E-state index >= 15 is 0 Å². The van der Waals surface area contributed by atoms with Crippen molar-refractivity contribution in [2.45, 2.75) is 138 Å². The van der Waals surface area contributed by atoms with Crippen molar-refractivity contribution < 1.29 is 74.4 Å². The number of hydrogen-bond donors (Lipinski definition) is 9. The van der Waals surface area contributed by atoms with E-state index in [4.69, 9.17) is 34.0 Å². The lowest BCUT2D eigenvalue weighted by atomic mass is 9.96. The largest absolute Gasteiger partial charge is 0.394 e. The van der Waals surface area contributed by atoms with Crippen LogP contribution in [0.15, 0.2) is 5.11 Å². The Kier molecular flexibility index (Phi) is 15.3. The maximum Gasteiger partial charge on any atom is 0.187 e. The molecule has 3 aliphatic rings. The molecule has 15 atom stereocenters. The van der Waals surface area contributed by atoms with Crippen LogP contribution in [0.5, 0.6) is 0 Å². The standard InChI is InChI=1S/C26H47N3O15/c1-12-22(43-26-19(36)16(33)15(32)13(10-30)41-26)17(34)21(38)25(40-12)44-23-14(11-31)42-24(20(37)18(23)35)39-9-7-5-3-2-4-6-8-28-29-27/h12-26,30-38H,2-11H2,1H3/t12?,13?,14?,15-,16-,17+,18+,19?,20?,21?,22-,23+,24+,25+,26-/m0/s1. The number of aliphatic hydroxyl groups excluding tert-OH is 9. The molecular formula is C26H47N3O15. The van der Waals surface area contributed by atoms with Gasteiger partial charge in [0.1, 0.15) is 67.1 Å². The molecule has 44 heavy (non-hydrogen) atoms. The van der Waals surface area contributed by atoms with Crippen molar-refractivity contribution in [3.05, 3.63) is 10.4 Å². The van der Waals surface area contributed by atoms with Crippen molar-refractivity contribution in [2.24, 2.45) is 5.11 Å². The number of aliphatic hydroxyl groups is 9. The van der Waals surface area contributed by atoms with Gasteiger partial charge in [-0.3, -0.25) is 0 Å². The van der Waals surface area contributed by atoms with E-state index in [0.29, 0.717) is 13.0 Å². The van der Waals surface area contributed by atoms with Crippen LogP contribution in [0.4, 0.5) is 0 Å². The third kappa shape index (κ3) is 9.38. The predicted molar refractivity (Wildman–Crippen MR) is 145 cm³/mol.